The van der Waals surface area contributed by atoms with E-state index in [-0.39, 0.29) is 24.1 Å². The standard InChI is InChI=1S/C18H17BrFN3O3/c1-2-23-16(15(19)9-22-23)10-21-18(24)17-8-7-14(26-17)11-25-13-5-3-12(20)4-6-13/h3-9H,2,10-11H2,1H3,(H,21,24). The summed E-state index contributed by atoms with van der Waals surface area (Å²) in [6.45, 7) is 3.16. The van der Waals surface area contributed by atoms with Crippen molar-refractivity contribution in [3.63, 3.8) is 0 Å². The minimum Gasteiger partial charge on any atom is -0.486 e. The molecular formula is C18H17BrFN3O3. The summed E-state index contributed by atoms with van der Waals surface area (Å²) in [5, 5.41) is 7.01. The fraction of sp³-hybridized carbons (Fsp3) is 0.222. The van der Waals surface area contributed by atoms with Gasteiger partial charge in [0.05, 0.1) is 22.9 Å². The van der Waals surface area contributed by atoms with Crippen LogP contribution < -0.4 is 10.1 Å². The second-order valence-electron chi connectivity index (χ2n) is 5.45. The minimum atomic E-state index is -0.328. The van der Waals surface area contributed by atoms with E-state index in [1.165, 1.54) is 24.3 Å². The Kier molecular flexibility index (Phi) is 5.72. The monoisotopic (exact) mass is 421 g/mol. The molecule has 3 rings (SSSR count). The highest BCUT2D eigenvalue weighted by Gasteiger charge is 2.14. The molecule has 0 unspecified atom stereocenters. The van der Waals surface area contributed by atoms with E-state index in [1.54, 1.807) is 23.0 Å². The van der Waals surface area contributed by atoms with Crippen molar-refractivity contribution in [1.82, 2.24) is 15.1 Å². The number of aromatic nitrogens is 2. The number of benzene rings is 1. The molecule has 0 radical (unpaired) electrons. The highest BCUT2D eigenvalue weighted by Crippen LogP contribution is 2.17. The van der Waals surface area contributed by atoms with Crippen molar-refractivity contribution in [1.29, 1.82) is 0 Å². The normalized spacial score (nSPS) is 10.7. The first-order valence-electron chi connectivity index (χ1n) is 8.02. The fourth-order valence-corrected chi connectivity index (χ4v) is 2.79. The van der Waals surface area contributed by atoms with Gasteiger partial charge in [0.1, 0.15) is 23.9 Å². The Morgan fingerprint density at radius 3 is 2.81 bits per heavy atom. The van der Waals surface area contributed by atoms with Gasteiger partial charge >= 0.3 is 0 Å². The number of hydrogen-bond acceptors (Lipinski definition) is 4. The zero-order valence-electron chi connectivity index (χ0n) is 14.0. The summed E-state index contributed by atoms with van der Waals surface area (Å²) in [7, 11) is 0. The quantitative estimate of drug-likeness (QED) is 0.627. The first-order chi connectivity index (χ1) is 12.6. The average Bonchev–Trinajstić information content (AvgIpc) is 3.26. The van der Waals surface area contributed by atoms with Crippen LogP contribution in [0.4, 0.5) is 4.39 Å². The van der Waals surface area contributed by atoms with E-state index in [0.717, 1.165) is 10.2 Å². The summed E-state index contributed by atoms with van der Waals surface area (Å²) in [4.78, 5) is 12.2. The molecule has 0 atom stereocenters. The Hall–Kier alpha value is -2.61. The van der Waals surface area contributed by atoms with Crippen molar-refractivity contribution in [2.75, 3.05) is 0 Å². The summed E-state index contributed by atoms with van der Waals surface area (Å²) < 4.78 is 26.5. The predicted molar refractivity (Wildman–Crippen MR) is 96.2 cm³/mol. The van der Waals surface area contributed by atoms with Gasteiger partial charge in [0.15, 0.2) is 5.76 Å². The van der Waals surface area contributed by atoms with Gasteiger partial charge in [-0.1, -0.05) is 0 Å². The largest absolute Gasteiger partial charge is 0.486 e. The first kappa shape index (κ1) is 18.2. The molecule has 26 heavy (non-hydrogen) atoms. The lowest BCUT2D eigenvalue weighted by atomic mass is 10.3. The zero-order valence-corrected chi connectivity index (χ0v) is 15.6. The number of halogens is 2. The summed E-state index contributed by atoms with van der Waals surface area (Å²) in [6.07, 6.45) is 1.70. The lowest BCUT2D eigenvalue weighted by molar-refractivity contribution is 0.0918. The number of nitrogens with zero attached hydrogens (tertiary/aromatic N) is 2. The summed E-state index contributed by atoms with van der Waals surface area (Å²) in [5.41, 5.74) is 0.882. The molecule has 3 aromatic rings. The van der Waals surface area contributed by atoms with E-state index in [4.69, 9.17) is 9.15 Å². The second kappa shape index (κ2) is 8.18. The third kappa shape index (κ3) is 4.32. The van der Waals surface area contributed by atoms with Crippen LogP contribution in [0.15, 0.2) is 51.5 Å². The van der Waals surface area contributed by atoms with Crippen LogP contribution in [0.2, 0.25) is 0 Å². The van der Waals surface area contributed by atoms with E-state index >= 15 is 0 Å². The van der Waals surface area contributed by atoms with Gasteiger partial charge < -0.3 is 14.5 Å². The van der Waals surface area contributed by atoms with Crippen LogP contribution in [0.3, 0.4) is 0 Å². The molecule has 0 saturated carbocycles. The third-order valence-corrected chi connectivity index (χ3v) is 4.36. The summed E-state index contributed by atoms with van der Waals surface area (Å²) >= 11 is 3.42. The zero-order chi connectivity index (χ0) is 18.5. The van der Waals surface area contributed by atoms with Gasteiger partial charge in [0.25, 0.3) is 5.91 Å². The predicted octanol–water partition coefficient (Wildman–Crippen LogP) is 3.91. The molecule has 136 valence electrons. The van der Waals surface area contributed by atoms with Crippen molar-refractivity contribution in [3.05, 3.63) is 70.1 Å². The van der Waals surface area contributed by atoms with E-state index in [2.05, 4.69) is 26.3 Å². The van der Waals surface area contributed by atoms with Crippen LogP contribution in [0, 0.1) is 5.82 Å². The summed E-state index contributed by atoms with van der Waals surface area (Å²) in [6, 6.07) is 8.95. The van der Waals surface area contributed by atoms with Gasteiger partial charge in [0.2, 0.25) is 0 Å². The van der Waals surface area contributed by atoms with Gasteiger partial charge in [0, 0.05) is 6.54 Å². The number of ether oxygens (including phenoxy) is 1. The maximum absolute atomic E-state index is 12.9. The van der Waals surface area contributed by atoms with Crippen LogP contribution in [0.5, 0.6) is 5.75 Å². The van der Waals surface area contributed by atoms with Crippen LogP contribution in [0.25, 0.3) is 0 Å². The van der Waals surface area contributed by atoms with Gasteiger partial charge in [-0.15, -0.1) is 0 Å². The molecule has 0 aliphatic rings. The number of furan rings is 1. The lowest BCUT2D eigenvalue weighted by Crippen LogP contribution is -2.24. The van der Waals surface area contributed by atoms with E-state index < -0.39 is 0 Å². The number of hydrogen-bond donors (Lipinski definition) is 1. The molecule has 1 amide bonds. The molecule has 0 bridgehead atoms. The number of carbonyl (C=O) groups is 1. The number of nitrogens with one attached hydrogen (secondary N) is 1. The molecule has 2 aromatic heterocycles. The van der Waals surface area contributed by atoms with E-state index in [9.17, 15) is 9.18 Å². The second-order valence-corrected chi connectivity index (χ2v) is 6.30. The van der Waals surface area contributed by atoms with Crippen molar-refractivity contribution >= 4 is 21.8 Å². The Morgan fingerprint density at radius 2 is 2.08 bits per heavy atom. The van der Waals surface area contributed by atoms with Gasteiger partial charge in [-0.25, -0.2) is 4.39 Å². The van der Waals surface area contributed by atoms with Crippen LogP contribution in [0.1, 0.15) is 28.9 Å². The molecule has 0 spiro atoms. The highest BCUT2D eigenvalue weighted by atomic mass is 79.9. The Morgan fingerprint density at radius 1 is 1.31 bits per heavy atom. The topological polar surface area (TPSA) is 69.3 Å². The average molecular weight is 422 g/mol. The molecular weight excluding hydrogens is 405 g/mol. The smallest absolute Gasteiger partial charge is 0.287 e. The van der Waals surface area contributed by atoms with Crippen LogP contribution >= 0.6 is 15.9 Å². The van der Waals surface area contributed by atoms with Crippen molar-refractivity contribution < 1.29 is 18.3 Å². The molecule has 0 aliphatic carbocycles. The Bertz CT molecular complexity index is 889. The molecule has 6 nitrogen and oxygen atoms in total. The maximum atomic E-state index is 12.9. The number of carbonyl (C=O) groups excluding carboxylic acids is 1. The first-order valence-corrected chi connectivity index (χ1v) is 8.81. The Labute approximate surface area is 158 Å². The molecule has 0 fully saturated rings. The maximum Gasteiger partial charge on any atom is 0.287 e. The van der Waals surface area contributed by atoms with Gasteiger partial charge in [-0.2, -0.15) is 5.10 Å². The fourth-order valence-electron chi connectivity index (χ4n) is 2.35. The van der Waals surface area contributed by atoms with Gasteiger partial charge in [-0.3, -0.25) is 9.48 Å². The Balaban J connectivity index is 1.55. The van der Waals surface area contributed by atoms with Crippen molar-refractivity contribution in [3.8, 4) is 5.75 Å². The molecule has 1 N–H and O–H groups in total. The molecule has 0 aliphatic heterocycles. The molecule has 1 aromatic carbocycles. The number of amides is 1. The molecule has 8 heteroatoms. The molecule has 2 heterocycles. The SMILES string of the molecule is CCn1ncc(Br)c1CNC(=O)c1ccc(COc2ccc(F)cc2)o1. The number of rotatable bonds is 7. The van der Waals surface area contributed by atoms with Crippen LogP contribution in [-0.2, 0) is 19.7 Å². The van der Waals surface area contributed by atoms with E-state index in [0.29, 0.717) is 24.6 Å². The van der Waals surface area contributed by atoms with E-state index in [1.807, 2.05) is 6.92 Å². The summed E-state index contributed by atoms with van der Waals surface area (Å²) in [5.74, 6) is 0.561. The van der Waals surface area contributed by atoms with Crippen LogP contribution in [-0.4, -0.2) is 15.7 Å². The molecule has 0 saturated heterocycles. The minimum absolute atomic E-state index is 0.146. The lowest BCUT2D eigenvalue weighted by Gasteiger charge is -2.07. The third-order valence-electron chi connectivity index (χ3n) is 3.69. The highest BCUT2D eigenvalue weighted by molar-refractivity contribution is 9.10. The number of aryl methyl sites for hydroxylation is 1. The van der Waals surface area contributed by atoms with Gasteiger partial charge in [-0.05, 0) is 59.3 Å². The van der Waals surface area contributed by atoms with Crippen molar-refractivity contribution in [2.45, 2.75) is 26.6 Å². The van der Waals surface area contributed by atoms with Crippen molar-refractivity contribution in [2.24, 2.45) is 0 Å².